The van der Waals surface area contributed by atoms with Gasteiger partial charge in [0.15, 0.2) is 0 Å². The molecule has 0 fully saturated rings. The summed E-state index contributed by atoms with van der Waals surface area (Å²) in [7, 11) is 2.11. The minimum atomic E-state index is 0.856. The molecule has 18 heavy (non-hydrogen) atoms. The van der Waals surface area contributed by atoms with Gasteiger partial charge in [-0.1, -0.05) is 6.07 Å². The number of anilines is 1. The van der Waals surface area contributed by atoms with Crippen LogP contribution < -0.4 is 5.32 Å². The van der Waals surface area contributed by atoms with Crippen LogP contribution in [-0.4, -0.2) is 4.57 Å². The van der Waals surface area contributed by atoms with E-state index >= 15 is 0 Å². The van der Waals surface area contributed by atoms with Gasteiger partial charge in [-0.3, -0.25) is 0 Å². The van der Waals surface area contributed by atoms with E-state index in [9.17, 15) is 0 Å². The smallest absolute Gasteiger partial charge is 0.0487 e. The van der Waals surface area contributed by atoms with Gasteiger partial charge in [0.05, 0.1) is 0 Å². The minimum Gasteiger partial charge on any atom is -0.380 e. The summed E-state index contributed by atoms with van der Waals surface area (Å²) in [6.07, 6.45) is 0. The van der Waals surface area contributed by atoms with Crippen LogP contribution in [0.5, 0.6) is 0 Å². The molecule has 0 bridgehead atoms. The molecule has 0 amide bonds. The van der Waals surface area contributed by atoms with Crippen LogP contribution in [0.4, 0.5) is 5.69 Å². The van der Waals surface area contributed by atoms with E-state index in [1.54, 1.807) is 0 Å². The lowest BCUT2D eigenvalue weighted by molar-refractivity contribution is 0.837. The zero-order valence-electron chi connectivity index (χ0n) is 11.3. The average molecular weight is 307 g/mol. The second kappa shape index (κ2) is 5.19. The number of hydrogen-bond donors (Lipinski definition) is 1. The highest BCUT2D eigenvalue weighted by Gasteiger charge is 2.06. The van der Waals surface area contributed by atoms with Gasteiger partial charge in [0.25, 0.3) is 0 Å². The molecule has 2 rings (SSSR count). The van der Waals surface area contributed by atoms with E-state index in [1.807, 2.05) is 0 Å². The van der Waals surface area contributed by atoms with E-state index in [0.29, 0.717) is 0 Å². The molecule has 0 spiro atoms. The van der Waals surface area contributed by atoms with Crippen LogP contribution in [-0.2, 0) is 13.6 Å². The highest BCUT2D eigenvalue weighted by Crippen LogP contribution is 2.24. The van der Waals surface area contributed by atoms with Crippen LogP contribution in [0.25, 0.3) is 0 Å². The van der Waals surface area contributed by atoms with Gasteiger partial charge in [-0.2, -0.15) is 0 Å². The Hall–Kier alpha value is -1.22. The maximum absolute atomic E-state index is 3.59. The van der Waals surface area contributed by atoms with Crippen molar-refractivity contribution in [2.75, 3.05) is 5.32 Å². The maximum Gasteiger partial charge on any atom is 0.0487 e. The molecule has 0 saturated heterocycles. The summed E-state index contributed by atoms with van der Waals surface area (Å²) in [5, 5.41) is 3.48. The first kappa shape index (κ1) is 13.2. The fourth-order valence-electron chi connectivity index (χ4n) is 2.07. The Balaban J connectivity index is 2.14. The Morgan fingerprint density at radius 2 is 1.89 bits per heavy atom. The summed E-state index contributed by atoms with van der Waals surface area (Å²) < 4.78 is 3.34. The van der Waals surface area contributed by atoms with Crippen LogP contribution >= 0.6 is 15.9 Å². The highest BCUT2D eigenvalue weighted by atomic mass is 79.9. The first-order valence-electron chi connectivity index (χ1n) is 6.11. The quantitative estimate of drug-likeness (QED) is 0.893. The number of aromatic nitrogens is 1. The molecule has 0 radical (unpaired) electrons. The molecule has 1 aromatic heterocycles. The maximum atomic E-state index is 3.59. The third-order valence-electron chi connectivity index (χ3n) is 3.47. The Bertz CT molecular complexity index is 570. The predicted octanol–water partition coefficient (Wildman–Crippen LogP) is 4.32. The van der Waals surface area contributed by atoms with Crippen molar-refractivity contribution in [2.24, 2.45) is 7.05 Å². The Morgan fingerprint density at radius 3 is 2.44 bits per heavy atom. The first-order valence-corrected chi connectivity index (χ1v) is 6.90. The summed E-state index contributed by atoms with van der Waals surface area (Å²) in [5.74, 6) is 0. The van der Waals surface area contributed by atoms with Crippen molar-refractivity contribution < 1.29 is 0 Å². The number of hydrogen-bond acceptors (Lipinski definition) is 1. The average Bonchev–Trinajstić information content (AvgIpc) is 2.56. The SMILES string of the molecule is Cc1ccc(NCc2cc(C)n(C)c2C)c(Br)c1. The van der Waals surface area contributed by atoms with Crippen LogP contribution in [0, 0.1) is 20.8 Å². The number of nitrogens with one attached hydrogen (secondary N) is 1. The molecule has 0 saturated carbocycles. The molecule has 1 aromatic carbocycles. The second-order valence-electron chi connectivity index (χ2n) is 4.79. The van der Waals surface area contributed by atoms with Crippen molar-refractivity contribution in [3.05, 3.63) is 51.3 Å². The molecule has 1 N–H and O–H groups in total. The van der Waals surface area contributed by atoms with E-state index in [0.717, 1.165) is 16.7 Å². The van der Waals surface area contributed by atoms with Gasteiger partial charge in [-0.05, 0) is 66.0 Å². The van der Waals surface area contributed by atoms with Gasteiger partial charge in [-0.15, -0.1) is 0 Å². The van der Waals surface area contributed by atoms with Gasteiger partial charge in [0.1, 0.15) is 0 Å². The number of rotatable bonds is 3. The highest BCUT2D eigenvalue weighted by molar-refractivity contribution is 9.10. The van der Waals surface area contributed by atoms with E-state index < -0.39 is 0 Å². The summed E-state index contributed by atoms with van der Waals surface area (Å²) >= 11 is 3.59. The molecule has 0 atom stereocenters. The molecule has 1 heterocycles. The molecular weight excluding hydrogens is 288 g/mol. The fraction of sp³-hybridized carbons (Fsp3) is 0.333. The van der Waals surface area contributed by atoms with E-state index in [1.165, 1.54) is 22.5 Å². The lowest BCUT2D eigenvalue weighted by Gasteiger charge is -2.09. The third kappa shape index (κ3) is 2.61. The molecule has 0 aliphatic heterocycles. The Labute approximate surface area is 117 Å². The molecule has 0 aliphatic rings. The Kier molecular flexibility index (Phi) is 3.81. The molecule has 3 heteroatoms. The summed E-state index contributed by atoms with van der Waals surface area (Å²) in [5.41, 5.74) is 6.37. The third-order valence-corrected chi connectivity index (χ3v) is 4.13. The lowest BCUT2D eigenvalue weighted by atomic mass is 10.2. The summed E-state index contributed by atoms with van der Waals surface area (Å²) in [6.45, 7) is 7.25. The van der Waals surface area contributed by atoms with Crippen LogP contribution in [0.1, 0.15) is 22.5 Å². The van der Waals surface area contributed by atoms with Crippen molar-refractivity contribution in [3.63, 3.8) is 0 Å². The first-order chi connectivity index (χ1) is 8.49. The van der Waals surface area contributed by atoms with Crippen LogP contribution in [0.15, 0.2) is 28.7 Å². The molecule has 2 aromatic rings. The van der Waals surface area contributed by atoms with Crippen molar-refractivity contribution in [1.82, 2.24) is 4.57 Å². The van der Waals surface area contributed by atoms with Gasteiger partial charge in [-0.25, -0.2) is 0 Å². The summed E-state index contributed by atoms with van der Waals surface area (Å²) in [6, 6.07) is 8.61. The topological polar surface area (TPSA) is 17.0 Å². The molecule has 2 nitrogen and oxygen atoms in total. The van der Waals surface area contributed by atoms with Crippen molar-refractivity contribution in [3.8, 4) is 0 Å². The standard InChI is InChI=1S/C15H19BrN2/c1-10-5-6-15(14(16)7-10)17-9-13-8-11(2)18(4)12(13)3/h5-8,17H,9H2,1-4H3. The van der Waals surface area contributed by atoms with Crippen molar-refractivity contribution in [2.45, 2.75) is 27.3 Å². The predicted molar refractivity (Wildman–Crippen MR) is 81.1 cm³/mol. The number of benzene rings is 1. The monoisotopic (exact) mass is 306 g/mol. The molecule has 0 aliphatic carbocycles. The number of aryl methyl sites for hydroxylation is 2. The number of nitrogens with zero attached hydrogens (tertiary/aromatic N) is 1. The molecule has 96 valence electrons. The zero-order valence-corrected chi connectivity index (χ0v) is 12.9. The van der Waals surface area contributed by atoms with E-state index in [2.05, 4.69) is 77.9 Å². The number of halogens is 1. The minimum absolute atomic E-state index is 0.856. The normalized spacial score (nSPS) is 10.7. The van der Waals surface area contributed by atoms with Gasteiger partial charge < -0.3 is 9.88 Å². The van der Waals surface area contributed by atoms with Crippen molar-refractivity contribution in [1.29, 1.82) is 0 Å². The largest absolute Gasteiger partial charge is 0.380 e. The lowest BCUT2D eigenvalue weighted by Crippen LogP contribution is -2.02. The Morgan fingerprint density at radius 1 is 1.17 bits per heavy atom. The second-order valence-corrected chi connectivity index (χ2v) is 5.65. The van der Waals surface area contributed by atoms with Crippen LogP contribution in [0.3, 0.4) is 0 Å². The molecular formula is C15H19BrN2. The van der Waals surface area contributed by atoms with Gasteiger partial charge in [0.2, 0.25) is 0 Å². The van der Waals surface area contributed by atoms with Crippen molar-refractivity contribution >= 4 is 21.6 Å². The van der Waals surface area contributed by atoms with Crippen LogP contribution in [0.2, 0.25) is 0 Å². The molecule has 0 unspecified atom stereocenters. The fourth-order valence-corrected chi connectivity index (χ4v) is 2.70. The summed E-state index contributed by atoms with van der Waals surface area (Å²) in [4.78, 5) is 0. The zero-order chi connectivity index (χ0) is 13.3. The van der Waals surface area contributed by atoms with E-state index in [4.69, 9.17) is 0 Å². The van der Waals surface area contributed by atoms with E-state index in [-0.39, 0.29) is 0 Å². The van der Waals surface area contributed by atoms with Gasteiger partial charge >= 0.3 is 0 Å². The van der Waals surface area contributed by atoms with Gasteiger partial charge in [0, 0.05) is 35.1 Å².